The Morgan fingerprint density at radius 3 is 2.56 bits per heavy atom. The zero-order chi connectivity index (χ0) is 11.9. The smallest absolute Gasteiger partial charge is 0.256 e. The van der Waals surface area contributed by atoms with Crippen molar-refractivity contribution in [3.63, 3.8) is 0 Å². The Hall–Kier alpha value is -0.560. The third-order valence-corrected chi connectivity index (χ3v) is 3.01. The maximum Gasteiger partial charge on any atom is 0.418 e. The summed E-state index contributed by atoms with van der Waals surface area (Å²) < 4.78 is 38.7. The predicted molar refractivity (Wildman–Crippen MR) is 64.5 cm³/mol. The molecule has 0 fully saturated rings. The van der Waals surface area contributed by atoms with Crippen molar-refractivity contribution in [2.45, 2.75) is 6.18 Å². The van der Waals surface area contributed by atoms with Crippen LogP contribution in [0.3, 0.4) is 0 Å². The molecule has 0 radical (unpaired) electrons. The molecule has 16 heavy (non-hydrogen) atoms. The van der Waals surface area contributed by atoms with E-state index in [-0.39, 0.29) is 10.5 Å². The van der Waals surface area contributed by atoms with Crippen LogP contribution in [-0.4, -0.2) is 4.98 Å². The lowest BCUT2D eigenvalue weighted by atomic mass is 10.1. The first-order valence-electron chi connectivity index (χ1n) is 4.20. The van der Waals surface area contributed by atoms with Crippen LogP contribution < -0.4 is 0 Å². The largest absolute Gasteiger partial charge is 0.418 e. The summed E-state index contributed by atoms with van der Waals surface area (Å²) in [4.78, 5) is 3.74. The average molecular weight is 358 g/mol. The summed E-state index contributed by atoms with van der Waals surface area (Å²) in [5.41, 5.74) is -0.864. The molecule has 0 saturated carbocycles. The molecule has 0 aliphatic rings. The summed E-state index contributed by atoms with van der Waals surface area (Å²) in [6.45, 7) is 0. The van der Waals surface area contributed by atoms with Gasteiger partial charge in [0.2, 0.25) is 0 Å². The molecule has 0 N–H and O–H groups in total. The maximum atomic E-state index is 12.7. The molecule has 0 aliphatic carbocycles. The van der Waals surface area contributed by atoms with Crippen LogP contribution in [0.15, 0.2) is 24.4 Å². The normalized spacial score (nSPS) is 12.1. The monoisotopic (exact) mass is 357 g/mol. The van der Waals surface area contributed by atoms with Crippen LogP contribution in [0.25, 0.3) is 10.9 Å². The molecule has 1 nitrogen and oxygen atoms in total. The van der Waals surface area contributed by atoms with Crippen molar-refractivity contribution >= 4 is 45.1 Å². The van der Waals surface area contributed by atoms with Crippen molar-refractivity contribution in [1.82, 2.24) is 4.98 Å². The Morgan fingerprint density at radius 1 is 1.25 bits per heavy atom. The quantitative estimate of drug-likeness (QED) is 0.632. The number of fused-ring (bicyclic) bond motifs is 1. The molecule has 2 rings (SSSR count). The molecule has 0 bridgehead atoms. The standard InChI is InChI=1S/C10H4ClF3IN/c11-8-1-2-16-9-6(8)3-5(15)4-7(9)10(12,13)14/h1-4H. The van der Waals surface area contributed by atoms with Crippen LogP contribution in [0.2, 0.25) is 5.02 Å². The van der Waals surface area contributed by atoms with Gasteiger partial charge < -0.3 is 0 Å². The van der Waals surface area contributed by atoms with Gasteiger partial charge in [-0.2, -0.15) is 13.2 Å². The van der Waals surface area contributed by atoms with E-state index in [1.165, 1.54) is 12.3 Å². The second-order valence-electron chi connectivity index (χ2n) is 3.14. The lowest BCUT2D eigenvalue weighted by Crippen LogP contribution is -2.07. The van der Waals surface area contributed by atoms with Gasteiger partial charge >= 0.3 is 6.18 Å². The molecule has 1 aromatic carbocycles. The summed E-state index contributed by atoms with van der Waals surface area (Å²) >= 11 is 7.66. The van der Waals surface area contributed by atoms with Gasteiger partial charge in [-0.15, -0.1) is 0 Å². The molecule has 0 unspecified atom stereocenters. The van der Waals surface area contributed by atoms with E-state index in [4.69, 9.17) is 11.6 Å². The van der Waals surface area contributed by atoms with E-state index in [2.05, 4.69) is 4.98 Å². The number of aromatic nitrogens is 1. The molecular formula is C10H4ClF3IN. The summed E-state index contributed by atoms with van der Waals surface area (Å²) in [6.07, 6.45) is -3.15. The molecule has 6 heteroatoms. The zero-order valence-electron chi connectivity index (χ0n) is 7.65. The Morgan fingerprint density at radius 2 is 1.94 bits per heavy atom. The second-order valence-corrected chi connectivity index (χ2v) is 4.79. The van der Waals surface area contributed by atoms with Crippen molar-refractivity contribution in [2.24, 2.45) is 0 Å². The topological polar surface area (TPSA) is 12.9 Å². The molecule has 0 spiro atoms. The van der Waals surface area contributed by atoms with Gasteiger partial charge in [0.05, 0.1) is 16.1 Å². The number of rotatable bonds is 0. The van der Waals surface area contributed by atoms with E-state index in [0.29, 0.717) is 8.96 Å². The molecule has 1 aromatic heterocycles. The summed E-state index contributed by atoms with van der Waals surface area (Å²) in [6, 6.07) is 4.12. The number of hydrogen-bond acceptors (Lipinski definition) is 1. The predicted octanol–water partition coefficient (Wildman–Crippen LogP) is 4.51. The average Bonchev–Trinajstić information content (AvgIpc) is 2.17. The maximum absolute atomic E-state index is 12.7. The summed E-state index contributed by atoms with van der Waals surface area (Å²) in [7, 11) is 0. The molecule has 84 valence electrons. The summed E-state index contributed by atoms with van der Waals surface area (Å²) in [5.74, 6) is 0. The minimum atomic E-state index is -4.42. The van der Waals surface area contributed by atoms with Gasteiger partial charge in [0.25, 0.3) is 0 Å². The van der Waals surface area contributed by atoms with Crippen LogP contribution in [0.4, 0.5) is 13.2 Å². The van der Waals surface area contributed by atoms with Gasteiger partial charge in [-0.05, 0) is 40.8 Å². The zero-order valence-corrected chi connectivity index (χ0v) is 10.6. The van der Waals surface area contributed by atoms with E-state index in [1.54, 1.807) is 6.07 Å². The number of benzene rings is 1. The van der Waals surface area contributed by atoms with E-state index < -0.39 is 11.7 Å². The van der Waals surface area contributed by atoms with Crippen molar-refractivity contribution in [2.75, 3.05) is 0 Å². The minimum Gasteiger partial charge on any atom is -0.256 e. The van der Waals surface area contributed by atoms with Crippen LogP contribution >= 0.6 is 34.2 Å². The number of pyridine rings is 1. The van der Waals surface area contributed by atoms with E-state index in [1.807, 2.05) is 22.6 Å². The molecule has 1 heterocycles. The first-order valence-corrected chi connectivity index (χ1v) is 5.66. The van der Waals surface area contributed by atoms with Gasteiger partial charge in [-0.1, -0.05) is 11.6 Å². The highest BCUT2D eigenvalue weighted by Gasteiger charge is 2.33. The van der Waals surface area contributed by atoms with Crippen molar-refractivity contribution in [3.8, 4) is 0 Å². The fraction of sp³-hybridized carbons (Fsp3) is 0.100. The number of halogens is 5. The highest BCUT2D eigenvalue weighted by Crippen LogP contribution is 2.36. The van der Waals surface area contributed by atoms with E-state index in [0.717, 1.165) is 6.07 Å². The van der Waals surface area contributed by atoms with Crippen LogP contribution in [0, 0.1) is 3.57 Å². The molecule has 0 saturated heterocycles. The van der Waals surface area contributed by atoms with Gasteiger partial charge in [-0.25, -0.2) is 0 Å². The second kappa shape index (κ2) is 4.03. The van der Waals surface area contributed by atoms with Gasteiger partial charge in [0, 0.05) is 15.2 Å². The third kappa shape index (κ3) is 2.10. The minimum absolute atomic E-state index is 0.111. The van der Waals surface area contributed by atoms with E-state index >= 15 is 0 Å². The molecule has 0 amide bonds. The highest BCUT2D eigenvalue weighted by molar-refractivity contribution is 14.1. The van der Waals surface area contributed by atoms with Crippen molar-refractivity contribution in [1.29, 1.82) is 0 Å². The number of alkyl halides is 3. The Kier molecular flexibility index (Phi) is 3.00. The first kappa shape index (κ1) is 11.9. The van der Waals surface area contributed by atoms with Crippen molar-refractivity contribution < 1.29 is 13.2 Å². The summed E-state index contributed by atoms with van der Waals surface area (Å²) in [5, 5.41) is 0.595. The molecule has 2 aromatic rings. The highest BCUT2D eigenvalue weighted by atomic mass is 127. The van der Waals surface area contributed by atoms with Crippen LogP contribution in [-0.2, 0) is 6.18 Å². The van der Waals surface area contributed by atoms with Gasteiger partial charge in [0.15, 0.2) is 0 Å². The third-order valence-electron chi connectivity index (χ3n) is 2.06. The fourth-order valence-corrected chi connectivity index (χ4v) is 2.23. The fourth-order valence-electron chi connectivity index (χ4n) is 1.40. The van der Waals surface area contributed by atoms with Gasteiger partial charge in [-0.3, -0.25) is 4.98 Å². The lowest BCUT2D eigenvalue weighted by Gasteiger charge is -2.10. The first-order chi connectivity index (χ1) is 7.39. The molecular weight excluding hydrogens is 353 g/mol. The number of hydrogen-bond donors (Lipinski definition) is 0. The Balaban J connectivity index is 2.89. The van der Waals surface area contributed by atoms with Gasteiger partial charge in [0.1, 0.15) is 0 Å². The number of nitrogens with zero attached hydrogens (tertiary/aromatic N) is 1. The SMILES string of the molecule is FC(F)(F)c1cc(I)cc2c(Cl)ccnc12. The Labute approximate surface area is 108 Å². The van der Waals surface area contributed by atoms with Crippen LogP contribution in [0.5, 0.6) is 0 Å². The Bertz CT molecular complexity index is 553. The van der Waals surface area contributed by atoms with E-state index in [9.17, 15) is 13.2 Å². The van der Waals surface area contributed by atoms with Crippen LogP contribution in [0.1, 0.15) is 5.56 Å². The molecule has 0 aliphatic heterocycles. The lowest BCUT2D eigenvalue weighted by molar-refractivity contribution is -0.136. The van der Waals surface area contributed by atoms with Crippen molar-refractivity contribution in [3.05, 3.63) is 38.6 Å². The molecule has 0 atom stereocenters.